The fraction of sp³-hybridized carbons (Fsp3) is 0.364. The lowest BCUT2D eigenvalue weighted by Gasteiger charge is -2.16. The van der Waals surface area contributed by atoms with Gasteiger partial charge in [-0.2, -0.15) is 0 Å². The summed E-state index contributed by atoms with van der Waals surface area (Å²) in [6.45, 7) is 2.42. The van der Waals surface area contributed by atoms with Gasteiger partial charge in [0.05, 0.1) is 0 Å². The van der Waals surface area contributed by atoms with Crippen LogP contribution in [0, 0.1) is 11.6 Å². The number of hydrogen-bond acceptors (Lipinski definition) is 3. The normalized spacial score (nSPS) is 14.9. The van der Waals surface area contributed by atoms with Crippen molar-refractivity contribution in [1.29, 1.82) is 0 Å². The zero-order valence-corrected chi connectivity index (χ0v) is 11.0. The summed E-state index contributed by atoms with van der Waals surface area (Å²) < 4.78 is 51.2. The highest BCUT2D eigenvalue weighted by Gasteiger charge is 2.29. The van der Waals surface area contributed by atoms with Gasteiger partial charge in [0.15, 0.2) is 16.9 Å². The van der Waals surface area contributed by atoms with Gasteiger partial charge in [-0.05, 0) is 31.5 Å². The summed E-state index contributed by atoms with van der Waals surface area (Å²) in [5, 5.41) is 7.01. The molecule has 0 aliphatic heterocycles. The molecule has 0 saturated carbocycles. The highest BCUT2D eigenvalue weighted by atomic mass is 32.2. The van der Waals surface area contributed by atoms with Crippen LogP contribution in [0.15, 0.2) is 18.2 Å². The third-order valence-electron chi connectivity index (χ3n) is 2.60. The molecule has 0 heterocycles. The second kappa shape index (κ2) is 5.62. The Balaban J connectivity index is 2.93. The minimum absolute atomic E-state index is 0.195. The highest BCUT2D eigenvalue weighted by molar-refractivity contribution is 7.90. The molecule has 8 heteroatoms. The molecule has 1 rings (SSSR count). The minimum Gasteiger partial charge on any atom is -0.480 e. The lowest BCUT2D eigenvalue weighted by molar-refractivity contribution is -0.136. The third kappa shape index (κ3) is 3.71. The van der Waals surface area contributed by atoms with Crippen molar-refractivity contribution in [3.8, 4) is 0 Å². The Bertz CT molecular complexity index is 588. The third-order valence-corrected chi connectivity index (χ3v) is 4.41. The summed E-state index contributed by atoms with van der Waals surface area (Å²) in [7, 11) is -4.10. The highest BCUT2D eigenvalue weighted by Crippen LogP contribution is 2.17. The Morgan fingerprint density at radius 3 is 2.32 bits per heavy atom. The molecule has 0 amide bonds. The van der Waals surface area contributed by atoms with E-state index in [2.05, 4.69) is 4.72 Å². The molecular formula is C11H13F2NO4S. The van der Waals surface area contributed by atoms with Crippen molar-refractivity contribution in [2.45, 2.75) is 25.1 Å². The van der Waals surface area contributed by atoms with Crippen molar-refractivity contribution in [1.82, 2.24) is 4.72 Å². The van der Waals surface area contributed by atoms with Crippen LogP contribution in [-0.4, -0.2) is 24.7 Å². The smallest absolute Gasteiger partial charge is 0.323 e. The molecule has 0 aliphatic rings. The zero-order chi connectivity index (χ0) is 14.8. The van der Waals surface area contributed by atoms with E-state index in [1.807, 2.05) is 0 Å². The van der Waals surface area contributed by atoms with Crippen LogP contribution in [0.4, 0.5) is 8.78 Å². The molecule has 0 aromatic heterocycles. The Morgan fingerprint density at radius 2 is 1.84 bits per heavy atom. The Morgan fingerprint density at radius 1 is 1.26 bits per heavy atom. The maximum atomic E-state index is 13.0. The Kier molecular flexibility index (Phi) is 4.59. The maximum absolute atomic E-state index is 13.0. The number of carbonyl (C=O) groups is 1. The molecule has 0 bridgehead atoms. The first kappa shape index (κ1) is 15.5. The molecule has 0 spiro atoms. The van der Waals surface area contributed by atoms with E-state index >= 15 is 0 Å². The van der Waals surface area contributed by atoms with Gasteiger partial charge in [-0.3, -0.25) is 4.79 Å². The van der Waals surface area contributed by atoms with Crippen LogP contribution < -0.4 is 4.72 Å². The number of carboxylic acid groups (broad SMARTS) is 1. The van der Waals surface area contributed by atoms with E-state index in [0.717, 1.165) is 19.1 Å². The number of benzene rings is 1. The molecule has 0 aliphatic carbocycles. The second-order valence-electron chi connectivity index (χ2n) is 4.04. The summed E-state index contributed by atoms with van der Waals surface area (Å²) in [5.41, 5.74) is 0.195. The van der Waals surface area contributed by atoms with Crippen LogP contribution in [0.3, 0.4) is 0 Å². The van der Waals surface area contributed by atoms with Crippen LogP contribution in [-0.2, 0) is 14.8 Å². The minimum atomic E-state index is -4.10. The monoisotopic (exact) mass is 293 g/mol. The molecule has 2 N–H and O–H groups in total. The van der Waals surface area contributed by atoms with Crippen LogP contribution in [0.25, 0.3) is 0 Å². The molecule has 1 aromatic carbocycles. The molecule has 0 fully saturated rings. The van der Waals surface area contributed by atoms with Crippen LogP contribution in [0.1, 0.15) is 25.5 Å². The predicted octanol–water partition coefficient (Wildman–Crippen LogP) is 1.42. The number of sulfonamides is 1. The van der Waals surface area contributed by atoms with Gasteiger partial charge in [0.25, 0.3) is 0 Å². The molecule has 0 radical (unpaired) electrons. The summed E-state index contributed by atoms with van der Waals surface area (Å²) in [5.74, 6) is -3.64. The van der Waals surface area contributed by atoms with Gasteiger partial charge < -0.3 is 5.11 Å². The molecule has 106 valence electrons. The Labute approximate surface area is 109 Å². The van der Waals surface area contributed by atoms with Gasteiger partial charge in [0, 0.05) is 6.04 Å². The van der Waals surface area contributed by atoms with Gasteiger partial charge in [0.2, 0.25) is 10.0 Å². The molecule has 1 aromatic rings. The predicted molar refractivity (Wildman–Crippen MR) is 63.9 cm³/mol. The van der Waals surface area contributed by atoms with E-state index in [4.69, 9.17) is 5.11 Å². The fourth-order valence-electron chi connectivity index (χ4n) is 1.33. The fourth-order valence-corrected chi connectivity index (χ4v) is 2.43. The first-order valence-electron chi connectivity index (χ1n) is 5.34. The maximum Gasteiger partial charge on any atom is 0.323 e. The summed E-state index contributed by atoms with van der Waals surface area (Å²) >= 11 is 0. The number of rotatable bonds is 5. The molecule has 2 atom stereocenters. The topological polar surface area (TPSA) is 83.5 Å². The van der Waals surface area contributed by atoms with Crippen LogP contribution >= 0.6 is 0 Å². The summed E-state index contributed by atoms with van der Waals surface area (Å²) in [6.07, 6.45) is 0. The van der Waals surface area contributed by atoms with Gasteiger partial charge in [0.1, 0.15) is 0 Å². The molecular weight excluding hydrogens is 280 g/mol. The van der Waals surface area contributed by atoms with Crippen LogP contribution in [0.2, 0.25) is 0 Å². The van der Waals surface area contributed by atoms with Gasteiger partial charge in [-0.25, -0.2) is 21.9 Å². The molecule has 19 heavy (non-hydrogen) atoms. The van der Waals surface area contributed by atoms with Crippen molar-refractivity contribution in [2.75, 3.05) is 0 Å². The number of halogens is 2. The quantitative estimate of drug-likeness (QED) is 0.860. The van der Waals surface area contributed by atoms with Crippen molar-refractivity contribution < 1.29 is 27.1 Å². The van der Waals surface area contributed by atoms with Crippen molar-refractivity contribution in [3.05, 3.63) is 35.4 Å². The average molecular weight is 293 g/mol. The van der Waals surface area contributed by atoms with E-state index in [-0.39, 0.29) is 5.56 Å². The largest absolute Gasteiger partial charge is 0.480 e. The number of aliphatic carboxylic acids is 1. The molecule has 0 saturated heterocycles. The van der Waals surface area contributed by atoms with E-state index < -0.39 is 38.9 Å². The van der Waals surface area contributed by atoms with Crippen molar-refractivity contribution >= 4 is 16.0 Å². The number of nitrogens with one attached hydrogen (secondary N) is 1. The number of carboxylic acids is 1. The summed E-state index contributed by atoms with van der Waals surface area (Å²) in [4.78, 5) is 10.6. The SMILES string of the molecule is CC(NS(=O)(=O)C(C)C(=O)O)c1ccc(F)c(F)c1. The molecule has 5 nitrogen and oxygen atoms in total. The van der Waals surface area contributed by atoms with E-state index in [9.17, 15) is 22.0 Å². The van der Waals surface area contributed by atoms with Crippen LogP contribution in [0.5, 0.6) is 0 Å². The van der Waals surface area contributed by atoms with E-state index in [1.165, 1.54) is 13.0 Å². The lowest BCUT2D eigenvalue weighted by Crippen LogP contribution is -2.38. The summed E-state index contributed by atoms with van der Waals surface area (Å²) in [6, 6.07) is 2.07. The second-order valence-corrected chi connectivity index (χ2v) is 6.07. The van der Waals surface area contributed by atoms with E-state index in [1.54, 1.807) is 0 Å². The Hall–Kier alpha value is -1.54. The van der Waals surface area contributed by atoms with Gasteiger partial charge in [-0.1, -0.05) is 6.07 Å². The van der Waals surface area contributed by atoms with Crippen molar-refractivity contribution in [3.63, 3.8) is 0 Å². The number of hydrogen-bond donors (Lipinski definition) is 2. The average Bonchev–Trinajstić information content (AvgIpc) is 2.30. The van der Waals surface area contributed by atoms with Gasteiger partial charge >= 0.3 is 5.97 Å². The van der Waals surface area contributed by atoms with E-state index in [0.29, 0.717) is 0 Å². The zero-order valence-electron chi connectivity index (χ0n) is 10.2. The first-order valence-corrected chi connectivity index (χ1v) is 6.88. The lowest BCUT2D eigenvalue weighted by atomic mass is 10.1. The van der Waals surface area contributed by atoms with Crippen molar-refractivity contribution in [2.24, 2.45) is 0 Å². The molecule has 2 unspecified atom stereocenters. The standard InChI is InChI=1S/C11H13F2NO4S/c1-6(8-3-4-9(12)10(13)5-8)14-19(17,18)7(2)11(15)16/h3-7,14H,1-2H3,(H,15,16). The first-order chi connectivity index (χ1) is 8.65. The van der Waals surface area contributed by atoms with Gasteiger partial charge in [-0.15, -0.1) is 0 Å².